The van der Waals surface area contributed by atoms with E-state index < -0.39 is 28.4 Å². The van der Waals surface area contributed by atoms with Gasteiger partial charge in [0.25, 0.3) is 5.69 Å². The summed E-state index contributed by atoms with van der Waals surface area (Å²) in [6, 6.07) is 11.2. The Bertz CT molecular complexity index is 1800. The molecule has 1 N–H and O–H groups in total. The maximum absolute atomic E-state index is 13.5. The Morgan fingerprint density at radius 3 is 2.46 bits per heavy atom. The number of rotatable bonds is 7. The van der Waals surface area contributed by atoms with Crippen LogP contribution in [-0.2, 0) is 6.18 Å². The molecule has 3 aromatic heterocycles. The first-order valence-corrected chi connectivity index (χ1v) is 12.5. The minimum absolute atomic E-state index is 0.0956. The largest absolute Gasteiger partial charge is 0.482 e. The number of nitrogens with zero attached hydrogens (tertiary/aromatic N) is 6. The van der Waals surface area contributed by atoms with Crippen LogP contribution in [0.3, 0.4) is 0 Å². The van der Waals surface area contributed by atoms with Gasteiger partial charge in [-0.3, -0.25) is 14.5 Å². The van der Waals surface area contributed by atoms with Crippen molar-refractivity contribution in [1.29, 1.82) is 0 Å². The van der Waals surface area contributed by atoms with E-state index in [1.54, 1.807) is 21.0 Å². The number of nitrogens with one attached hydrogen (secondary N) is 1. The molecule has 0 aliphatic carbocycles. The van der Waals surface area contributed by atoms with Gasteiger partial charge in [-0.15, -0.1) is 0 Å². The highest BCUT2D eigenvalue weighted by Gasteiger charge is 2.33. The lowest BCUT2D eigenvalue weighted by molar-refractivity contribution is -0.385. The molecule has 0 radical (unpaired) electrons. The molecule has 0 amide bonds. The molecule has 0 aliphatic rings. The maximum Gasteiger partial charge on any atom is 0.416 e. The second-order valence-electron chi connectivity index (χ2n) is 9.79. The monoisotopic (exact) mass is 565 g/mol. The predicted octanol–water partition coefficient (Wildman–Crippen LogP) is 6.43. The summed E-state index contributed by atoms with van der Waals surface area (Å²) in [5, 5.41) is 15.1. The second kappa shape index (κ2) is 10.2. The highest BCUT2D eigenvalue weighted by molar-refractivity contribution is 5.93. The summed E-state index contributed by atoms with van der Waals surface area (Å²) in [6.07, 6.45) is -2.87. The summed E-state index contributed by atoms with van der Waals surface area (Å²) < 4.78 is 47.9. The Hall–Kier alpha value is -4.94. The Morgan fingerprint density at radius 2 is 1.80 bits per heavy atom. The van der Waals surface area contributed by atoms with Crippen molar-refractivity contribution in [2.24, 2.45) is 0 Å². The molecule has 0 saturated heterocycles. The number of hydrogen-bond donors (Lipinski definition) is 1. The molecule has 10 nitrogen and oxygen atoms in total. The lowest BCUT2D eigenvalue weighted by Crippen LogP contribution is -2.12. The molecule has 13 heteroatoms. The van der Waals surface area contributed by atoms with Crippen LogP contribution in [0.25, 0.3) is 27.7 Å². The highest BCUT2D eigenvalue weighted by atomic mass is 19.4. The summed E-state index contributed by atoms with van der Waals surface area (Å²) in [5.41, 5.74) is 1.29. The maximum atomic E-state index is 13.5. The van der Waals surface area contributed by atoms with Crippen LogP contribution in [0.1, 0.15) is 29.9 Å². The van der Waals surface area contributed by atoms with Crippen LogP contribution in [0, 0.1) is 17.0 Å². The summed E-state index contributed by atoms with van der Waals surface area (Å²) in [4.78, 5) is 26.1. The van der Waals surface area contributed by atoms with Crippen LogP contribution in [0.15, 0.2) is 54.7 Å². The number of pyridine rings is 1. The van der Waals surface area contributed by atoms with Gasteiger partial charge < -0.3 is 15.0 Å². The zero-order valence-corrected chi connectivity index (χ0v) is 22.8. The van der Waals surface area contributed by atoms with Crippen molar-refractivity contribution < 1.29 is 22.8 Å². The van der Waals surface area contributed by atoms with Gasteiger partial charge >= 0.3 is 6.18 Å². The quantitative estimate of drug-likeness (QED) is 0.178. The third kappa shape index (κ3) is 5.42. The average molecular weight is 566 g/mol. The molecule has 1 unspecified atom stereocenters. The molecule has 41 heavy (non-hydrogen) atoms. The predicted molar refractivity (Wildman–Crippen MR) is 149 cm³/mol. The number of anilines is 2. The fourth-order valence-electron chi connectivity index (χ4n) is 4.56. The molecule has 2 aromatic carbocycles. The van der Waals surface area contributed by atoms with E-state index in [2.05, 4.69) is 20.3 Å². The first-order chi connectivity index (χ1) is 19.3. The van der Waals surface area contributed by atoms with E-state index in [4.69, 9.17) is 4.74 Å². The number of hydrogen-bond acceptors (Lipinski definition) is 8. The fourth-order valence-corrected chi connectivity index (χ4v) is 4.56. The zero-order chi connectivity index (χ0) is 29.6. The molecule has 212 valence electrons. The van der Waals surface area contributed by atoms with Gasteiger partial charge in [-0.2, -0.15) is 13.2 Å². The van der Waals surface area contributed by atoms with Crippen molar-refractivity contribution >= 4 is 33.9 Å². The molecule has 5 aromatic rings. The molecular weight excluding hydrogens is 539 g/mol. The van der Waals surface area contributed by atoms with Gasteiger partial charge in [-0.1, -0.05) is 6.07 Å². The number of benzene rings is 2. The van der Waals surface area contributed by atoms with Crippen LogP contribution in [-0.4, -0.2) is 45.5 Å². The number of ether oxygens (including phenoxy) is 1. The van der Waals surface area contributed by atoms with Crippen molar-refractivity contribution in [3.05, 3.63) is 81.8 Å². The van der Waals surface area contributed by atoms with E-state index in [0.29, 0.717) is 40.1 Å². The molecule has 1 atom stereocenters. The number of imidazole rings is 1. The molecule has 0 aliphatic heterocycles. The standard InChI is InChI=1S/C28H26F3N7O3/c1-15(18-8-20(28(29,30)31)13-21(9-18)38(39)40)32-27-22-10-17(6-7-23(22)33-16(2)34-27)19-11-24-35-25(36(3)4)14-37(24)26(12-19)41-5/h6-15H,1-5H3,(H,32,33,34). The van der Waals surface area contributed by atoms with Crippen LogP contribution < -0.4 is 15.0 Å². The third-order valence-electron chi connectivity index (χ3n) is 6.66. The van der Waals surface area contributed by atoms with E-state index in [1.807, 2.05) is 59.9 Å². The minimum atomic E-state index is -4.74. The molecule has 3 heterocycles. The van der Waals surface area contributed by atoms with Gasteiger partial charge in [0.05, 0.1) is 35.4 Å². The van der Waals surface area contributed by atoms with Gasteiger partial charge in [0.1, 0.15) is 23.1 Å². The molecule has 5 rings (SSSR count). The molecule has 0 spiro atoms. The number of nitro groups is 1. The van der Waals surface area contributed by atoms with E-state index in [9.17, 15) is 23.3 Å². The van der Waals surface area contributed by atoms with Gasteiger partial charge in [0.15, 0.2) is 5.88 Å². The van der Waals surface area contributed by atoms with E-state index in [1.165, 1.54) is 0 Å². The van der Waals surface area contributed by atoms with Crippen LogP contribution in [0.2, 0.25) is 0 Å². The number of methoxy groups -OCH3 is 1. The first-order valence-electron chi connectivity index (χ1n) is 12.5. The summed E-state index contributed by atoms with van der Waals surface area (Å²) >= 11 is 0. The van der Waals surface area contributed by atoms with Gasteiger partial charge in [-0.05, 0) is 54.8 Å². The van der Waals surface area contributed by atoms with Crippen LogP contribution >= 0.6 is 0 Å². The highest BCUT2D eigenvalue weighted by Crippen LogP contribution is 2.36. The van der Waals surface area contributed by atoms with Crippen LogP contribution in [0.4, 0.5) is 30.5 Å². The number of aromatic nitrogens is 4. The van der Waals surface area contributed by atoms with E-state index in [-0.39, 0.29) is 5.56 Å². The fraction of sp³-hybridized carbons (Fsp3) is 0.250. The summed E-state index contributed by atoms with van der Waals surface area (Å²) in [7, 11) is 5.37. The number of alkyl halides is 3. The zero-order valence-electron chi connectivity index (χ0n) is 22.8. The molecular formula is C28H26F3N7O3. The number of aryl methyl sites for hydroxylation is 1. The van der Waals surface area contributed by atoms with Crippen molar-refractivity contribution in [3.8, 4) is 17.0 Å². The smallest absolute Gasteiger partial charge is 0.416 e. The van der Waals surface area contributed by atoms with Crippen molar-refractivity contribution in [3.63, 3.8) is 0 Å². The molecule has 0 fully saturated rings. The lowest BCUT2D eigenvalue weighted by Gasteiger charge is -2.18. The van der Waals surface area contributed by atoms with Crippen molar-refractivity contribution in [2.45, 2.75) is 26.1 Å². The summed E-state index contributed by atoms with van der Waals surface area (Å²) in [6.45, 7) is 3.32. The van der Waals surface area contributed by atoms with Gasteiger partial charge in [-0.25, -0.2) is 15.0 Å². The minimum Gasteiger partial charge on any atom is -0.482 e. The van der Waals surface area contributed by atoms with Crippen molar-refractivity contribution in [1.82, 2.24) is 19.4 Å². The number of nitro benzene ring substituents is 1. The number of non-ortho nitro benzene ring substituents is 1. The normalized spacial score (nSPS) is 12.5. The second-order valence-corrected chi connectivity index (χ2v) is 9.79. The van der Waals surface area contributed by atoms with Crippen molar-refractivity contribution in [2.75, 3.05) is 31.4 Å². The Balaban J connectivity index is 1.58. The van der Waals surface area contributed by atoms with E-state index >= 15 is 0 Å². The Kier molecular flexibility index (Phi) is 6.89. The average Bonchev–Trinajstić information content (AvgIpc) is 3.36. The third-order valence-corrected chi connectivity index (χ3v) is 6.66. The Labute approximate surface area is 232 Å². The molecule has 0 bridgehead atoms. The topological polar surface area (TPSA) is 111 Å². The number of halogens is 3. The van der Waals surface area contributed by atoms with Crippen LogP contribution in [0.5, 0.6) is 5.88 Å². The summed E-state index contributed by atoms with van der Waals surface area (Å²) in [5.74, 6) is 2.17. The number of fused-ring (bicyclic) bond motifs is 2. The Morgan fingerprint density at radius 1 is 1.05 bits per heavy atom. The lowest BCUT2D eigenvalue weighted by atomic mass is 10.0. The van der Waals surface area contributed by atoms with Gasteiger partial charge in [0.2, 0.25) is 0 Å². The van der Waals surface area contributed by atoms with Gasteiger partial charge in [0, 0.05) is 37.7 Å². The SMILES string of the molecule is COc1cc(-c2ccc3nc(C)nc(NC(C)c4cc([N+](=O)[O-])cc(C(F)(F)F)c4)c3c2)cc2nc(N(C)C)cn12. The molecule has 0 saturated carbocycles. The van der Waals surface area contributed by atoms with E-state index in [0.717, 1.165) is 29.1 Å². The first kappa shape index (κ1) is 27.6.